The molecule has 5 heteroatoms. The van der Waals surface area contributed by atoms with Crippen LogP contribution in [0.5, 0.6) is 0 Å². The fraction of sp³-hybridized carbons (Fsp3) is 0.857. The normalized spacial score (nSPS) is 21.6. The molecule has 0 saturated carbocycles. The maximum absolute atomic E-state index is 6.19. The molecule has 0 aliphatic carbocycles. The molecule has 1 aromatic heterocycles. The quantitative estimate of drug-likeness (QED) is 0.905. The lowest BCUT2D eigenvalue weighted by Crippen LogP contribution is -2.50. The lowest BCUT2D eigenvalue weighted by atomic mass is 9.75. The summed E-state index contributed by atoms with van der Waals surface area (Å²) < 4.78 is 11.1. The number of hydrogen-bond acceptors (Lipinski definition) is 5. The van der Waals surface area contributed by atoms with Crippen LogP contribution >= 0.6 is 0 Å². The van der Waals surface area contributed by atoms with Crippen LogP contribution in [0.4, 0.5) is 0 Å². The van der Waals surface area contributed by atoms with Crippen molar-refractivity contribution in [3.63, 3.8) is 0 Å². The summed E-state index contributed by atoms with van der Waals surface area (Å²) in [5.74, 6) is 1.32. The van der Waals surface area contributed by atoms with Crippen molar-refractivity contribution in [2.45, 2.75) is 70.4 Å². The Kier molecular flexibility index (Phi) is 3.97. The Labute approximate surface area is 114 Å². The van der Waals surface area contributed by atoms with E-state index in [2.05, 4.69) is 10.1 Å². The fourth-order valence-electron chi connectivity index (χ4n) is 2.04. The van der Waals surface area contributed by atoms with Gasteiger partial charge in [0.05, 0.1) is 11.5 Å². The first-order chi connectivity index (χ1) is 8.80. The highest BCUT2D eigenvalue weighted by atomic mass is 16.5. The number of nitrogens with two attached hydrogens (primary N) is 1. The number of nitrogens with zero attached hydrogens (tertiary/aromatic N) is 2. The van der Waals surface area contributed by atoms with Crippen LogP contribution in [0.25, 0.3) is 0 Å². The third kappa shape index (κ3) is 3.15. The van der Waals surface area contributed by atoms with Gasteiger partial charge >= 0.3 is 0 Å². The molecule has 5 nitrogen and oxygen atoms in total. The van der Waals surface area contributed by atoms with Gasteiger partial charge in [0.25, 0.3) is 0 Å². The molecule has 108 valence electrons. The molecular formula is C14H25N3O2. The Morgan fingerprint density at radius 1 is 1.26 bits per heavy atom. The van der Waals surface area contributed by atoms with Crippen LogP contribution in [0.3, 0.4) is 0 Å². The van der Waals surface area contributed by atoms with Crippen molar-refractivity contribution in [1.29, 1.82) is 0 Å². The van der Waals surface area contributed by atoms with Gasteiger partial charge in [-0.15, -0.1) is 0 Å². The summed E-state index contributed by atoms with van der Waals surface area (Å²) in [5, 5.41) is 4.07. The molecule has 1 atom stereocenters. The van der Waals surface area contributed by atoms with Gasteiger partial charge in [0.1, 0.15) is 0 Å². The third-order valence-electron chi connectivity index (χ3n) is 4.30. The molecule has 0 aromatic carbocycles. The largest absolute Gasteiger partial charge is 0.378 e. The number of rotatable bonds is 4. The second-order valence-corrected chi connectivity index (χ2v) is 6.56. The minimum atomic E-state index is -0.419. The Morgan fingerprint density at radius 2 is 2.00 bits per heavy atom. The Balaban J connectivity index is 2.06. The summed E-state index contributed by atoms with van der Waals surface area (Å²) in [5.41, 5.74) is 5.41. The number of ether oxygens (including phenoxy) is 1. The monoisotopic (exact) mass is 267 g/mol. The van der Waals surface area contributed by atoms with Crippen molar-refractivity contribution in [3.8, 4) is 0 Å². The minimum absolute atomic E-state index is 0.230. The zero-order chi connectivity index (χ0) is 14.1. The van der Waals surface area contributed by atoms with E-state index in [9.17, 15) is 0 Å². The predicted octanol–water partition coefficient (Wildman–Crippen LogP) is 2.20. The van der Waals surface area contributed by atoms with Crippen molar-refractivity contribution >= 4 is 0 Å². The molecule has 1 aromatic rings. The van der Waals surface area contributed by atoms with Crippen molar-refractivity contribution in [1.82, 2.24) is 10.1 Å². The standard InChI is InChI=1S/C14H25N3O2/c1-13(2,14(3,4)15)12-16-11(17-19-12)9-10-7-5-6-8-18-10/h10H,5-9,15H2,1-4H3. The first-order valence-corrected chi connectivity index (χ1v) is 7.04. The van der Waals surface area contributed by atoms with E-state index in [1.807, 2.05) is 27.7 Å². The maximum atomic E-state index is 6.19. The van der Waals surface area contributed by atoms with Crippen LogP contribution in [-0.4, -0.2) is 28.4 Å². The van der Waals surface area contributed by atoms with E-state index in [1.165, 1.54) is 6.42 Å². The number of hydrogen-bond donors (Lipinski definition) is 1. The van der Waals surface area contributed by atoms with Crippen LogP contribution < -0.4 is 5.73 Å². The molecule has 2 heterocycles. The highest BCUT2D eigenvalue weighted by molar-refractivity contribution is 5.11. The molecule has 19 heavy (non-hydrogen) atoms. The minimum Gasteiger partial charge on any atom is -0.378 e. The van der Waals surface area contributed by atoms with E-state index in [4.69, 9.17) is 15.0 Å². The molecule has 1 unspecified atom stereocenters. The summed E-state index contributed by atoms with van der Waals surface area (Å²) >= 11 is 0. The summed E-state index contributed by atoms with van der Waals surface area (Å²) in [6.07, 6.45) is 4.41. The molecule has 2 N–H and O–H groups in total. The second-order valence-electron chi connectivity index (χ2n) is 6.56. The van der Waals surface area contributed by atoms with Gasteiger partial charge in [0.15, 0.2) is 5.82 Å². The molecule has 1 aliphatic rings. The SMILES string of the molecule is CC(C)(N)C(C)(C)c1nc(CC2CCCCO2)no1. The van der Waals surface area contributed by atoms with E-state index in [0.717, 1.165) is 31.7 Å². The molecule has 0 spiro atoms. The molecule has 1 saturated heterocycles. The maximum Gasteiger partial charge on any atom is 0.234 e. The molecular weight excluding hydrogens is 242 g/mol. The highest BCUT2D eigenvalue weighted by Gasteiger charge is 2.40. The van der Waals surface area contributed by atoms with Crippen LogP contribution in [-0.2, 0) is 16.6 Å². The molecule has 1 fully saturated rings. The van der Waals surface area contributed by atoms with Gasteiger partial charge in [0.2, 0.25) is 5.89 Å². The molecule has 1 aliphatic heterocycles. The Morgan fingerprint density at radius 3 is 2.58 bits per heavy atom. The first-order valence-electron chi connectivity index (χ1n) is 7.04. The second kappa shape index (κ2) is 5.21. The van der Waals surface area contributed by atoms with Gasteiger partial charge in [-0.05, 0) is 47.0 Å². The summed E-state index contributed by atoms with van der Waals surface area (Å²) in [6, 6.07) is 0. The van der Waals surface area contributed by atoms with Crippen molar-refractivity contribution < 1.29 is 9.26 Å². The van der Waals surface area contributed by atoms with Crippen molar-refractivity contribution in [3.05, 3.63) is 11.7 Å². The van der Waals surface area contributed by atoms with Gasteiger partial charge < -0.3 is 15.0 Å². The van der Waals surface area contributed by atoms with E-state index in [1.54, 1.807) is 0 Å². The third-order valence-corrected chi connectivity index (χ3v) is 4.30. The van der Waals surface area contributed by atoms with Crippen molar-refractivity contribution in [2.24, 2.45) is 5.73 Å². The first kappa shape index (κ1) is 14.5. The zero-order valence-electron chi connectivity index (χ0n) is 12.4. The average Bonchev–Trinajstić information content (AvgIpc) is 2.78. The van der Waals surface area contributed by atoms with Gasteiger partial charge in [0, 0.05) is 18.6 Å². The van der Waals surface area contributed by atoms with Gasteiger partial charge in [-0.1, -0.05) is 5.16 Å². The van der Waals surface area contributed by atoms with Crippen LogP contribution in [0.1, 0.15) is 58.7 Å². The fourth-order valence-corrected chi connectivity index (χ4v) is 2.04. The van der Waals surface area contributed by atoms with E-state index >= 15 is 0 Å². The summed E-state index contributed by atoms with van der Waals surface area (Å²) in [6.45, 7) is 8.85. The lowest BCUT2D eigenvalue weighted by Gasteiger charge is -2.34. The Hall–Kier alpha value is -0.940. The van der Waals surface area contributed by atoms with Crippen LogP contribution in [0, 0.1) is 0 Å². The van der Waals surface area contributed by atoms with Gasteiger partial charge in [-0.2, -0.15) is 4.98 Å². The predicted molar refractivity (Wildman–Crippen MR) is 72.9 cm³/mol. The summed E-state index contributed by atoms with van der Waals surface area (Å²) in [7, 11) is 0. The molecule has 0 radical (unpaired) electrons. The smallest absolute Gasteiger partial charge is 0.234 e. The zero-order valence-corrected chi connectivity index (χ0v) is 12.4. The molecule has 2 rings (SSSR count). The van der Waals surface area contributed by atoms with Crippen LogP contribution in [0.15, 0.2) is 4.52 Å². The Bertz CT molecular complexity index is 415. The van der Waals surface area contributed by atoms with E-state index < -0.39 is 5.54 Å². The topological polar surface area (TPSA) is 74.2 Å². The van der Waals surface area contributed by atoms with Crippen molar-refractivity contribution in [2.75, 3.05) is 6.61 Å². The van der Waals surface area contributed by atoms with Crippen LogP contribution in [0.2, 0.25) is 0 Å². The molecule has 0 bridgehead atoms. The lowest BCUT2D eigenvalue weighted by molar-refractivity contribution is 0.0153. The summed E-state index contributed by atoms with van der Waals surface area (Å²) in [4.78, 5) is 4.50. The van der Waals surface area contributed by atoms with E-state index in [-0.39, 0.29) is 11.5 Å². The highest BCUT2D eigenvalue weighted by Crippen LogP contribution is 2.31. The van der Waals surface area contributed by atoms with E-state index in [0.29, 0.717) is 5.89 Å². The van der Waals surface area contributed by atoms with Gasteiger partial charge in [-0.25, -0.2) is 0 Å². The van der Waals surface area contributed by atoms with Gasteiger partial charge in [-0.3, -0.25) is 0 Å². The average molecular weight is 267 g/mol. The number of aromatic nitrogens is 2. The molecule has 0 amide bonds.